The molecule has 1 atom stereocenters. The van der Waals surface area contributed by atoms with E-state index in [1.807, 2.05) is 12.2 Å². The number of aromatic hydroxyl groups is 2. The summed E-state index contributed by atoms with van der Waals surface area (Å²) in [4.78, 5) is 29.5. The molecule has 0 bridgehead atoms. The van der Waals surface area contributed by atoms with E-state index in [4.69, 9.17) is 9.57 Å². The molecule has 0 fully saturated rings. The van der Waals surface area contributed by atoms with E-state index in [2.05, 4.69) is 13.8 Å². The van der Waals surface area contributed by atoms with Crippen molar-refractivity contribution in [1.29, 1.82) is 0 Å². The molecule has 7 heteroatoms. The molecule has 1 amide bonds. The van der Waals surface area contributed by atoms with E-state index in [1.54, 1.807) is 7.05 Å². The summed E-state index contributed by atoms with van der Waals surface area (Å²) < 4.78 is 5.21. The van der Waals surface area contributed by atoms with Crippen molar-refractivity contribution in [2.24, 2.45) is 5.92 Å². The molecule has 2 N–H and O–H groups in total. The Labute approximate surface area is 172 Å². The molecule has 29 heavy (non-hydrogen) atoms. The van der Waals surface area contributed by atoms with Crippen LogP contribution in [0.2, 0.25) is 0 Å². The van der Waals surface area contributed by atoms with E-state index in [0.29, 0.717) is 18.4 Å². The first-order valence-electron chi connectivity index (χ1n) is 10.0. The predicted octanol–water partition coefficient (Wildman–Crippen LogP) is 3.98. The Morgan fingerprint density at radius 2 is 1.90 bits per heavy atom. The highest BCUT2D eigenvalue weighted by Crippen LogP contribution is 2.31. The topological polar surface area (TPSA) is 96.3 Å². The van der Waals surface area contributed by atoms with Gasteiger partial charge in [-0.2, -0.15) is 0 Å². The number of nitrogens with zero attached hydrogens (tertiary/aromatic N) is 1. The zero-order chi connectivity index (χ0) is 21.8. The third-order valence-corrected chi connectivity index (χ3v) is 4.41. The fraction of sp³-hybridized carbons (Fsp3) is 0.545. The van der Waals surface area contributed by atoms with E-state index in [9.17, 15) is 19.8 Å². The summed E-state index contributed by atoms with van der Waals surface area (Å²) in [5, 5.41) is 21.1. The molecule has 7 nitrogen and oxygen atoms in total. The molecule has 0 aliphatic carbocycles. The number of hydroxylamine groups is 2. The molecule has 0 spiro atoms. The zero-order valence-corrected chi connectivity index (χ0v) is 17.8. The van der Waals surface area contributed by atoms with Crippen LogP contribution in [0.25, 0.3) is 0 Å². The summed E-state index contributed by atoms with van der Waals surface area (Å²) in [7, 11) is 2.96. The number of esters is 1. The van der Waals surface area contributed by atoms with Crippen LogP contribution in [-0.2, 0) is 20.8 Å². The van der Waals surface area contributed by atoms with E-state index in [-0.39, 0.29) is 41.9 Å². The van der Waals surface area contributed by atoms with Gasteiger partial charge in [-0.1, -0.05) is 32.4 Å². The molecule has 0 saturated heterocycles. The molecule has 162 valence electrons. The number of fused-ring (bicyclic) bond motifs is 1. The SMILES string of the molecule is CCC.CON(C)C(=O)CC1CC/C=C/CCOC(=O)c2c(O)cc(O)cc2C1. The van der Waals surface area contributed by atoms with Crippen molar-refractivity contribution in [3.8, 4) is 11.5 Å². The fourth-order valence-corrected chi connectivity index (χ4v) is 2.99. The monoisotopic (exact) mass is 407 g/mol. The van der Waals surface area contributed by atoms with Gasteiger partial charge < -0.3 is 14.9 Å². The number of rotatable bonds is 3. The van der Waals surface area contributed by atoms with Gasteiger partial charge in [-0.15, -0.1) is 0 Å². The Kier molecular flexibility index (Phi) is 10.8. The molecule has 1 heterocycles. The lowest BCUT2D eigenvalue weighted by Crippen LogP contribution is -2.28. The number of allylic oxidation sites excluding steroid dienone is 1. The van der Waals surface area contributed by atoms with Crippen LogP contribution in [0.1, 0.15) is 61.9 Å². The molecular weight excluding hydrogens is 374 g/mol. The molecule has 0 saturated carbocycles. The maximum atomic E-state index is 12.4. The molecule has 1 aromatic rings. The van der Waals surface area contributed by atoms with Crippen LogP contribution >= 0.6 is 0 Å². The molecular formula is C22H33NO6. The van der Waals surface area contributed by atoms with Crippen molar-refractivity contribution in [2.45, 2.75) is 52.4 Å². The molecule has 1 aromatic carbocycles. The summed E-state index contributed by atoms with van der Waals surface area (Å²) in [5.41, 5.74) is 0.514. The van der Waals surface area contributed by atoms with Crippen LogP contribution in [0.4, 0.5) is 0 Å². The van der Waals surface area contributed by atoms with Gasteiger partial charge in [0.1, 0.15) is 17.1 Å². The number of hydrogen-bond acceptors (Lipinski definition) is 6. The van der Waals surface area contributed by atoms with Gasteiger partial charge in [-0.3, -0.25) is 9.63 Å². The second-order valence-electron chi connectivity index (χ2n) is 7.03. The predicted molar refractivity (Wildman–Crippen MR) is 111 cm³/mol. The molecule has 1 aliphatic rings. The molecule has 0 radical (unpaired) electrons. The molecule has 0 aromatic heterocycles. The van der Waals surface area contributed by atoms with Crippen molar-refractivity contribution in [2.75, 3.05) is 20.8 Å². The Balaban J connectivity index is 0.00000132. The average molecular weight is 408 g/mol. The fourth-order valence-electron chi connectivity index (χ4n) is 2.99. The maximum absolute atomic E-state index is 12.4. The average Bonchev–Trinajstić information content (AvgIpc) is 2.65. The summed E-state index contributed by atoms with van der Waals surface area (Å²) in [5.74, 6) is -1.36. The Bertz CT molecular complexity index is 701. The first-order chi connectivity index (χ1) is 13.8. The van der Waals surface area contributed by atoms with Crippen LogP contribution < -0.4 is 0 Å². The van der Waals surface area contributed by atoms with Crippen LogP contribution in [-0.4, -0.2) is 47.9 Å². The van der Waals surface area contributed by atoms with Crippen molar-refractivity contribution in [3.63, 3.8) is 0 Å². The maximum Gasteiger partial charge on any atom is 0.342 e. The third kappa shape index (κ3) is 8.15. The number of carbonyl (C=O) groups excluding carboxylic acids is 2. The lowest BCUT2D eigenvalue weighted by Gasteiger charge is -2.21. The first-order valence-corrected chi connectivity index (χ1v) is 10.0. The van der Waals surface area contributed by atoms with E-state index >= 15 is 0 Å². The van der Waals surface area contributed by atoms with E-state index in [0.717, 1.165) is 18.9 Å². The highest BCUT2D eigenvalue weighted by Gasteiger charge is 2.24. The van der Waals surface area contributed by atoms with Crippen molar-refractivity contribution in [3.05, 3.63) is 35.4 Å². The van der Waals surface area contributed by atoms with Crippen molar-refractivity contribution < 1.29 is 29.4 Å². The Hall–Kier alpha value is -2.54. The van der Waals surface area contributed by atoms with Gasteiger partial charge in [0.15, 0.2) is 0 Å². The van der Waals surface area contributed by atoms with Gasteiger partial charge in [0.2, 0.25) is 5.91 Å². The zero-order valence-electron chi connectivity index (χ0n) is 17.8. The number of benzene rings is 1. The third-order valence-electron chi connectivity index (χ3n) is 4.41. The second kappa shape index (κ2) is 12.8. The summed E-state index contributed by atoms with van der Waals surface area (Å²) in [6.07, 6.45) is 7.86. The molecule has 2 rings (SSSR count). The lowest BCUT2D eigenvalue weighted by molar-refractivity contribution is -0.169. The Morgan fingerprint density at radius 3 is 2.55 bits per heavy atom. The van der Waals surface area contributed by atoms with Gasteiger partial charge in [0.25, 0.3) is 0 Å². The lowest BCUT2D eigenvalue weighted by atomic mass is 9.88. The molecule has 1 aliphatic heterocycles. The number of phenols is 2. The summed E-state index contributed by atoms with van der Waals surface area (Å²) >= 11 is 0. The number of cyclic esters (lactones) is 1. The minimum Gasteiger partial charge on any atom is -0.508 e. The first kappa shape index (κ1) is 24.5. The Morgan fingerprint density at radius 1 is 1.24 bits per heavy atom. The van der Waals surface area contributed by atoms with Crippen LogP contribution in [0.5, 0.6) is 11.5 Å². The van der Waals surface area contributed by atoms with Gasteiger partial charge in [0, 0.05) is 19.5 Å². The van der Waals surface area contributed by atoms with Gasteiger partial charge in [-0.05, 0) is 43.2 Å². The van der Waals surface area contributed by atoms with Crippen molar-refractivity contribution >= 4 is 11.9 Å². The number of carbonyl (C=O) groups is 2. The van der Waals surface area contributed by atoms with E-state index < -0.39 is 5.97 Å². The van der Waals surface area contributed by atoms with Gasteiger partial charge in [0.05, 0.1) is 13.7 Å². The number of amides is 1. The van der Waals surface area contributed by atoms with Crippen molar-refractivity contribution in [1.82, 2.24) is 5.06 Å². The van der Waals surface area contributed by atoms with Gasteiger partial charge >= 0.3 is 5.97 Å². The minimum absolute atomic E-state index is 0.0462. The van der Waals surface area contributed by atoms with Crippen LogP contribution in [0, 0.1) is 5.92 Å². The van der Waals surface area contributed by atoms with Crippen LogP contribution in [0.15, 0.2) is 24.3 Å². The standard InChI is InChI=1S/C19H25NO6.C3H8/c1-20(25-2)17(23)10-13-7-5-3-4-6-8-26-19(24)18-14(9-13)11-15(21)12-16(18)22;1-3-2/h3-4,11-13,21-22H,5-10H2,1-2H3;3H2,1-2H3/b4-3+;. The number of phenolic OH excluding ortho intramolecular Hbond substituents is 2. The van der Waals surface area contributed by atoms with Crippen LogP contribution in [0.3, 0.4) is 0 Å². The van der Waals surface area contributed by atoms with E-state index in [1.165, 1.54) is 24.7 Å². The molecule has 1 unspecified atom stereocenters. The summed E-state index contributed by atoms with van der Waals surface area (Å²) in [6, 6.07) is 2.56. The highest BCUT2D eigenvalue weighted by molar-refractivity contribution is 5.94. The second-order valence-corrected chi connectivity index (χ2v) is 7.03. The largest absolute Gasteiger partial charge is 0.508 e. The highest BCUT2D eigenvalue weighted by atomic mass is 16.7. The number of ether oxygens (including phenoxy) is 1. The normalized spacial score (nSPS) is 18.1. The number of hydrogen-bond donors (Lipinski definition) is 2. The quantitative estimate of drug-likeness (QED) is 0.447. The summed E-state index contributed by atoms with van der Waals surface area (Å²) in [6.45, 7) is 4.47. The minimum atomic E-state index is -0.634. The van der Waals surface area contributed by atoms with Gasteiger partial charge in [-0.25, -0.2) is 9.86 Å². The smallest absolute Gasteiger partial charge is 0.342 e.